The second-order valence-corrected chi connectivity index (χ2v) is 8.17. The van der Waals surface area contributed by atoms with Crippen molar-refractivity contribution < 1.29 is 4.74 Å². The minimum absolute atomic E-state index is 0.329. The first-order chi connectivity index (χ1) is 15.2. The summed E-state index contributed by atoms with van der Waals surface area (Å²) in [4.78, 5) is 0. The molecular weight excluding hydrogens is 378 g/mol. The molecule has 1 N–H and O–H groups in total. The van der Waals surface area contributed by atoms with Gasteiger partial charge in [0.2, 0.25) is 0 Å². The van der Waals surface area contributed by atoms with Gasteiger partial charge in [-0.15, -0.1) is 0 Å². The monoisotopic (exact) mass is 409 g/mol. The maximum atomic E-state index is 6.34. The lowest BCUT2D eigenvalue weighted by Gasteiger charge is -2.21. The normalized spacial score (nSPS) is 12.1. The van der Waals surface area contributed by atoms with E-state index in [1.54, 1.807) is 0 Å². The minimum Gasteiger partial charge on any atom is -0.489 e. The number of fused-ring (bicyclic) bond motifs is 1. The van der Waals surface area contributed by atoms with Crippen LogP contribution in [-0.2, 0) is 13.2 Å². The third-order valence-corrected chi connectivity index (χ3v) is 5.78. The van der Waals surface area contributed by atoms with Crippen molar-refractivity contribution in [1.82, 2.24) is 5.32 Å². The van der Waals surface area contributed by atoms with Crippen molar-refractivity contribution in [3.63, 3.8) is 0 Å². The standard InChI is InChI=1S/C29H31NO/c1-3-10-28(25-14-5-4-6-15-25)30-20-27-26-16-8-7-13-24(26)17-18-29(27)31-21-23-12-9-11-22(2)19-23/h4-9,11-19,28,30H,3,10,20-21H2,1-2H3. The Labute approximate surface area is 185 Å². The van der Waals surface area contributed by atoms with Crippen LogP contribution < -0.4 is 10.1 Å². The fraction of sp³-hybridized carbons (Fsp3) is 0.241. The Bertz CT molecular complexity index is 1120. The van der Waals surface area contributed by atoms with Crippen molar-refractivity contribution in [2.45, 2.75) is 45.9 Å². The van der Waals surface area contributed by atoms with Crippen molar-refractivity contribution in [2.75, 3.05) is 0 Å². The van der Waals surface area contributed by atoms with Gasteiger partial charge in [-0.2, -0.15) is 0 Å². The molecule has 4 aromatic carbocycles. The van der Waals surface area contributed by atoms with E-state index < -0.39 is 0 Å². The summed E-state index contributed by atoms with van der Waals surface area (Å²) in [5.41, 5.74) is 5.02. The molecule has 158 valence electrons. The molecule has 4 aromatic rings. The third-order valence-electron chi connectivity index (χ3n) is 5.78. The lowest BCUT2D eigenvalue weighted by molar-refractivity contribution is 0.302. The number of aryl methyl sites for hydroxylation is 1. The second-order valence-electron chi connectivity index (χ2n) is 8.17. The lowest BCUT2D eigenvalue weighted by Crippen LogP contribution is -2.21. The SMILES string of the molecule is CCCC(NCc1c(OCc2cccc(C)c2)ccc2ccccc12)c1ccccc1. The van der Waals surface area contributed by atoms with Crippen molar-refractivity contribution >= 4 is 10.8 Å². The van der Waals surface area contributed by atoms with Crippen molar-refractivity contribution in [1.29, 1.82) is 0 Å². The first kappa shape index (κ1) is 21.1. The predicted octanol–water partition coefficient (Wildman–Crippen LogP) is 7.36. The zero-order chi connectivity index (χ0) is 21.5. The van der Waals surface area contributed by atoms with Gasteiger partial charge in [-0.1, -0.05) is 104 Å². The number of rotatable bonds is 9. The molecule has 0 spiro atoms. The molecule has 0 aliphatic heterocycles. The molecule has 1 unspecified atom stereocenters. The molecule has 0 aromatic heterocycles. The van der Waals surface area contributed by atoms with Crippen LogP contribution in [0, 0.1) is 6.92 Å². The van der Waals surface area contributed by atoms with Crippen LogP contribution in [0.1, 0.15) is 48.1 Å². The Balaban J connectivity index is 1.60. The molecule has 0 fully saturated rings. The Kier molecular flexibility index (Phi) is 7.01. The summed E-state index contributed by atoms with van der Waals surface area (Å²) in [7, 11) is 0. The van der Waals surface area contributed by atoms with E-state index in [2.05, 4.69) is 110 Å². The van der Waals surface area contributed by atoms with Crippen LogP contribution in [0.2, 0.25) is 0 Å². The molecule has 2 heteroatoms. The first-order valence-corrected chi connectivity index (χ1v) is 11.2. The van der Waals surface area contributed by atoms with Crippen LogP contribution in [0.5, 0.6) is 5.75 Å². The summed E-state index contributed by atoms with van der Waals surface area (Å²) in [6.07, 6.45) is 2.24. The quantitative estimate of drug-likeness (QED) is 0.312. The molecule has 0 saturated heterocycles. The number of nitrogens with one attached hydrogen (secondary N) is 1. The van der Waals surface area contributed by atoms with E-state index in [-0.39, 0.29) is 0 Å². The maximum absolute atomic E-state index is 6.34. The Hall–Kier alpha value is -3.10. The van der Waals surface area contributed by atoms with Crippen molar-refractivity contribution in [3.05, 3.63) is 113 Å². The van der Waals surface area contributed by atoms with Crippen LogP contribution >= 0.6 is 0 Å². The number of hydrogen-bond acceptors (Lipinski definition) is 2. The van der Waals surface area contributed by atoms with Crippen molar-refractivity contribution in [2.24, 2.45) is 0 Å². The summed E-state index contributed by atoms with van der Waals surface area (Å²) >= 11 is 0. The fourth-order valence-corrected chi connectivity index (χ4v) is 4.18. The van der Waals surface area contributed by atoms with Crippen LogP contribution in [0.25, 0.3) is 10.8 Å². The molecule has 0 aliphatic carbocycles. The van der Waals surface area contributed by atoms with E-state index in [1.165, 1.54) is 33.0 Å². The Morgan fingerprint density at radius 1 is 0.839 bits per heavy atom. The molecule has 0 saturated carbocycles. The van der Waals surface area contributed by atoms with Crippen LogP contribution in [0.4, 0.5) is 0 Å². The number of hydrogen-bond donors (Lipinski definition) is 1. The van der Waals surface area contributed by atoms with Gasteiger partial charge in [0.15, 0.2) is 0 Å². The van der Waals surface area contributed by atoms with E-state index in [1.807, 2.05) is 0 Å². The Morgan fingerprint density at radius 3 is 2.45 bits per heavy atom. The lowest BCUT2D eigenvalue weighted by atomic mass is 10.00. The minimum atomic E-state index is 0.329. The van der Waals surface area contributed by atoms with Crippen LogP contribution in [0.3, 0.4) is 0 Å². The largest absolute Gasteiger partial charge is 0.489 e. The third kappa shape index (κ3) is 5.34. The molecule has 1 atom stereocenters. The fourth-order valence-electron chi connectivity index (χ4n) is 4.18. The predicted molar refractivity (Wildman–Crippen MR) is 130 cm³/mol. The van der Waals surface area contributed by atoms with Crippen molar-refractivity contribution in [3.8, 4) is 5.75 Å². The summed E-state index contributed by atoms with van der Waals surface area (Å²) in [5.74, 6) is 0.955. The topological polar surface area (TPSA) is 21.3 Å². The zero-order valence-corrected chi connectivity index (χ0v) is 18.5. The second kappa shape index (κ2) is 10.3. The highest BCUT2D eigenvalue weighted by molar-refractivity contribution is 5.87. The van der Waals surface area contributed by atoms with E-state index in [9.17, 15) is 0 Å². The highest BCUT2D eigenvalue weighted by atomic mass is 16.5. The van der Waals surface area contributed by atoms with Gasteiger partial charge in [0.25, 0.3) is 0 Å². The average Bonchev–Trinajstić information content (AvgIpc) is 2.81. The average molecular weight is 410 g/mol. The van der Waals surface area contributed by atoms with Gasteiger partial charge in [0, 0.05) is 18.2 Å². The molecule has 0 bridgehead atoms. The van der Waals surface area contributed by atoms with Gasteiger partial charge in [-0.05, 0) is 41.3 Å². The smallest absolute Gasteiger partial charge is 0.124 e. The van der Waals surface area contributed by atoms with Gasteiger partial charge >= 0.3 is 0 Å². The molecule has 0 aliphatic rings. The number of benzene rings is 4. The highest BCUT2D eigenvalue weighted by Gasteiger charge is 2.14. The van der Waals surface area contributed by atoms with E-state index in [4.69, 9.17) is 4.74 Å². The molecule has 0 radical (unpaired) electrons. The zero-order valence-electron chi connectivity index (χ0n) is 18.5. The van der Waals surface area contributed by atoms with Crippen LogP contribution in [-0.4, -0.2) is 0 Å². The van der Waals surface area contributed by atoms with Crippen LogP contribution in [0.15, 0.2) is 91.0 Å². The Morgan fingerprint density at radius 2 is 1.65 bits per heavy atom. The van der Waals surface area contributed by atoms with Gasteiger partial charge in [0.1, 0.15) is 12.4 Å². The number of ether oxygens (including phenoxy) is 1. The highest BCUT2D eigenvalue weighted by Crippen LogP contribution is 2.30. The van der Waals surface area contributed by atoms with E-state index >= 15 is 0 Å². The summed E-state index contributed by atoms with van der Waals surface area (Å²) in [6.45, 7) is 5.70. The molecule has 4 rings (SSSR count). The van der Waals surface area contributed by atoms with Gasteiger partial charge in [-0.25, -0.2) is 0 Å². The summed E-state index contributed by atoms with van der Waals surface area (Å²) in [5, 5.41) is 6.31. The van der Waals surface area contributed by atoms with Gasteiger partial charge in [0.05, 0.1) is 0 Å². The molecule has 0 amide bonds. The molecule has 0 heterocycles. The molecule has 2 nitrogen and oxygen atoms in total. The van der Waals surface area contributed by atoms with Gasteiger partial charge in [-0.3, -0.25) is 0 Å². The van der Waals surface area contributed by atoms with E-state index in [0.717, 1.165) is 25.1 Å². The summed E-state index contributed by atoms with van der Waals surface area (Å²) < 4.78 is 6.34. The molecule has 31 heavy (non-hydrogen) atoms. The molecular formula is C29H31NO. The maximum Gasteiger partial charge on any atom is 0.124 e. The van der Waals surface area contributed by atoms with Gasteiger partial charge < -0.3 is 10.1 Å². The first-order valence-electron chi connectivity index (χ1n) is 11.2. The van der Waals surface area contributed by atoms with E-state index in [0.29, 0.717) is 12.6 Å². The summed E-state index contributed by atoms with van der Waals surface area (Å²) in [6, 6.07) is 32.4.